The van der Waals surface area contributed by atoms with Gasteiger partial charge in [0.2, 0.25) is 5.95 Å². The Kier molecular flexibility index (Phi) is 6.21. The van der Waals surface area contributed by atoms with Gasteiger partial charge in [0.1, 0.15) is 11.6 Å². The van der Waals surface area contributed by atoms with E-state index in [1.807, 2.05) is 37.3 Å². The third kappa shape index (κ3) is 4.62. The molecule has 0 aliphatic carbocycles. The van der Waals surface area contributed by atoms with E-state index in [1.54, 1.807) is 17.9 Å². The predicted octanol–water partition coefficient (Wildman–Crippen LogP) is 4.27. The molecule has 3 aromatic rings. The fourth-order valence-electron chi connectivity index (χ4n) is 3.90. The molecule has 0 unspecified atom stereocenters. The van der Waals surface area contributed by atoms with Gasteiger partial charge in [0.05, 0.1) is 24.7 Å². The van der Waals surface area contributed by atoms with Gasteiger partial charge in [0.15, 0.2) is 0 Å². The molecule has 170 valence electrons. The number of carbonyl (C=O) groups is 2. The van der Waals surface area contributed by atoms with E-state index in [-0.39, 0.29) is 43.3 Å². The molecule has 1 aromatic heterocycles. The smallest absolute Gasteiger partial charge is 0.323 e. The first-order valence-corrected chi connectivity index (χ1v) is 10.6. The third-order valence-electron chi connectivity index (χ3n) is 5.58. The summed E-state index contributed by atoms with van der Waals surface area (Å²) < 4.78 is 13.8. The highest BCUT2D eigenvalue weighted by atomic mass is 19.1. The Hall–Kier alpha value is -4.01. The molecule has 1 aliphatic rings. The van der Waals surface area contributed by atoms with Crippen molar-refractivity contribution in [3.05, 3.63) is 71.0 Å². The number of aryl methyl sites for hydroxylation is 1. The maximum Gasteiger partial charge on any atom is 0.323 e. The molecule has 0 spiro atoms. The van der Waals surface area contributed by atoms with E-state index in [1.165, 1.54) is 12.1 Å². The quantitative estimate of drug-likeness (QED) is 0.497. The standard InChI is InChI=1S/C24H24FN5O3/c1-14-12-17(25)8-9-18(14)21-19-13-27-24(33)30(15(2)16-6-4-3-5-7-16)22(19)29-23(28-21)26-11-10-20(31)32/h3-9,12,15H,10-11,13H2,1-2H3,(H,27,33)(H,31,32)(H,26,28,29)/t15-/m0/s1. The molecule has 33 heavy (non-hydrogen) atoms. The molecule has 2 heterocycles. The van der Waals surface area contributed by atoms with Crippen molar-refractivity contribution >= 4 is 23.8 Å². The van der Waals surface area contributed by atoms with Crippen LogP contribution in [-0.4, -0.2) is 33.6 Å². The van der Waals surface area contributed by atoms with Crippen molar-refractivity contribution < 1.29 is 19.1 Å². The van der Waals surface area contributed by atoms with E-state index in [2.05, 4.69) is 20.6 Å². The molecule has 2 amide bonds. The molecule has 8 nitrogen and oxygen atoms in total. The van der Waals surface area contributed by atoms with Gasteiger partial charge in [-0.15, -0.1) is 0 Å². The van der Waals surface area contributed by atoms with Crippen LogP contribution >= 0.6 is 0 Å². The van der Waals surface area contributed by atoms with Crippen molar-refractivity contribution in [3.63, 3.8) is 0 Å². The molecule has 1 atom stereocenters. The van der Waals surface area contributed by atoms with Crippen LogP contribution in [0.25, 0.3) is 11.3 Å². The number of carboxylic acid groups (broad SMARTS) is 1. The Morgan fingerprint density at radius 2 is 2.00 bits per heavy atom. The molecule has 0 fully saturated rings. The molecule has 3 N–H and O–H groups in total. The number of aromatic nitrogens is 2. The van der Waals surface area contributed by atoms with E-state index >= 15 is 0 Å². The van der Waals surface area contributed by atoms with Crippen molar-refractivity contribution in [3.8, 4) is 11.3 Å². The van der Waals surface area contributed by atoms with E-state index < -0.39 is 5.97 Å². The number of fused-ring (bicyclic) bond motifs is 1. The molecule has 4 rings (SSSR count). The molecule has 2 aromatic carbocycles. The van der Waals surface area contributed by atoms with E-state index in [9.17, 15) is 14.0 Å². The zero-order valence-corrected chi connectivity index (χ0v) is 18.3. The van der Waals surface area contributed by atoms with Crippen molar-refractivity contribution in [2.24, 2.45) is 0 Å². The zero-order valence-electron chi connectivity index (χ0n) is 18.3. The fourth-order valence-corrected chi connectivity index (χ4v) is 3.90. The van der Waals surface area contributed by atoms with Gasteiger partial charge in [-0.25, -0.2) is 14.2 Å². The van der Waals surface area contributed by atoms with Crippen molar-refractivity contribution in [1.29, 1.82) is 0 Å². The highest BCUT2D eigenvalue weighted by Gasteiger charge is 2.33. The first-order valence-electron chi connectivity index (χ1n) is 10.6. The van der Waals surface area contributed by atoms with Crippen LogP contribution < -0.4 is 15.5 Å². The van der Waals surface area contributed by atoms with Crippen LogP contribution in [-0.2, 0) is 11.3 Å². The van der Waals surface area contributed by atoms with E-state index in [4.69, 9.17) is 5.11 Å². The predicted molar refractivity (Wildman–Crippen MR) is 122 cm³/mol. The molecule has 0 bridgehead atoms. The molecule has 0 radical (unpaired) electrons. The summed E-state index contributed by atoms with van der Waals surface area (Å²) in [6.07, 6.45) is -0.115. The lowest BCUT2D eigenvalue weighted by molar-refractivity contribution is -0.136. The topological polar surface area (TPSA) is 107 Å². The summed E-state index contributed by atoms with van der Waals surface area (Å²) in [7, 11) is 0. The molecular weight excluding hydrogens is 425 g/mol. The van der Waals surface area contributed by atoms with E-state index in [0.29, 0.717) is 28.2 Å². The monoisotopic (exact) mass is 449 g/mol. The van der Waals surface area contributed by atoms with E-state index in [0.717, 1.165) is 5.56 Å². The minimum atomic E-state index is -0.950. The molecule has 0 saturated carbocycles. The summed E-state index contributed by atoms with van der Waals surface area (Å²) >= 11 is 0. The summed E-state index contributed by atoms with van der Waals surface area (Å²) in [5, 5.41) is 14.8. The minimum absolute atomic E-state index is 0.115. The fraction of sp³-hybridized carbons (Fsp3) is 0.250. The largest absolute Gasteiger partial charge is 0.481 e. The van der Waals surface area contributed by atoms with Crippen LogP contribution in [0, 0.1) is 12.7 Å². The molecule has 1 aliphatic heterocycles. The van der Waals surface area contributed by atoms with Crippen LogP contribution in [0.3, 0.4) is 0 Å². The van der Waals surface area contributed by atoms with Gasteiger partial charge in [-0.1, -0.05) is 30.3 Å². The number of halogens is 1. The number of nitrogens with one attached hydrogen (secondary N) is 2. The van der Waals surface area contributed by atoms with Gasteiger partial charge in [-0.3, -0.25) is 9.69 Å². The first-order chi connectivity index (χ1) is 15.8. The number of urea groups is 1. The number of rotatable bonds is 7. The normalized spacial score (nSPS) is 13.8. The number of aliphatic carboxylic acids is 1. The van der Waals surface area contributed by atoms with Crippen molar-refractivity contribution in [2.75, 3.05) is 16.8 Å². The molecular formula is C24H24FN5O3. The number of anilines is 2. The van der Waals surface area contributed by atoms with Gasteiger partial charge < -0.3 is 15.7 Å². The first kappa shape index (κ1) is 22.2. The SMILES string of the molecule is Cc1cc(F)ccc1-c1nc(NCCC(=O)O)nc2c1CNC(=O)N2[C@@H](C)c1ccccc1. The van der Waals surface area contributed by atoms with Gasteiger partial charge in [-0.2, -0.15) is 4.98 Å². The number of amides is 2. The molecule has 9 heteroatoms. The van der Waals surface area contributed by atoms with Crippen LogP contribution in [0.1, 0.15) is 36.1 Å². The average molecular weight is 449 g/mol. The summed E-state index contributed by atoms with van der Waals surface area (Å²) in [6.45, 7) is 4.03. The van der Waals surface area contributed by atoms with Crippen LogP contribution in [0.2, 0.25) is 0 Å². The second kappa shape index (κ2) is 9.23. The average Bonchev–Trinajstić information content (AvgIpc) is 2.78. The summed E-state index contributed by atoms with van der Waals surface area (Å²) in [4.78, 5) is 34.7. The zero-order chi connectivity index (χ0) is 23.5. The second-order valence-corrected chi connectivity index (χ2v) is 7.84. The Bertz CT molecular complexity index is 1200. The number of hydrogen-bond donors (Lipinski definition) is 3. The lowest BCUT2D eigenvalue weighted by atomic mass is 9.99. The number of carboxylic acids is 1. The number of hydrogen-bond acceptors (Lipinski definition) is 5. The van der Waals surface area contributed by atoms with Crippen LogP contribution in [0.15, 0.2) is 48.5 Å². The minimum Gasteiger partial charge on any atom is -0.481 e. The van der Waals surface area contributed by atoms with Crippen molar-refractivity contribution in [1.82, 2.24) is 15.3 Å². The van der Waals surface area contributed by atoms with Crippen LogP contribution in [0.5, 0.6) is 0 Å². The van der Waals surface area contributed by atoms with Gasteiger partial charge in [-0.05, 0) is 43.2 Å². The third-order valence-corrected chi connectivity index (χ3v) is 5.58. The lowest BCUT2D eigenvalue weighted by Crippen LogP contribution is -2.46. The number of nitrogens with zero attached hydrogens (tertiary/aromatic N) is 3. The summed E-state index contributed by atoms with van der Waals surface area (Å²) in [5.74, 6) is -0.671. The highest BCUT2D eigenvalue weighted by Crippen LogP contribution is 2.37. The maximum atomic E-state index is 13.8. The summed E-state index contributed by atoms with van der Waals surface area (Å²) in [5.41, 5.74) is 3.59. The Labute approximate surface area is 190 Å². The second-order valence-electron chi connectivity index (χ2n) is 7.84. The summed E-state index contributed by atoms with van der Waals surface area (Å²) in [6, 6.07) is 13.4. The van der Waals surface area contributed by atoms with Crippen LogP contribution in [0.4, 0.5) is 21.0 Å². The van der Waals surface area contributed by atoms with Crippen molar-refractivity contribution in [2.45, 2.75) is 32.9 Å². The maximum absolute atomic E-state index is 13.8. The van der Waals surface area contributed by atoms with Gasteiger partial charge in [0.25, 0.3) is 0 Å². The lowest BCUT2D eigenvalue weighted by Gasteiger charge is -2.34. The highest BCUT2D eigenvalue weighted by molar-refractivity contribution is 5.96. The Balaban J connectivity index is 1.85. The van der Waals surface area contributed by atoms with Gasteiger partial charge in [0, 0.05) is 17.7 Å². The Morgan fingerprint density at radius 1 is 1.24 bits per heavy atom. The van der Waals surface area contributed by atoms with Gasteiger partial charge >= 0.3 is 12.0 Å². The molecule has 0 saturated heterocycles. The number of benzene rings is 2. The number of carbonyl (C=O) groups excluding carboxylic acids is 1. The Morgan fingerprint density at radius 3 is 2.70 bits per heavy atom.